The number of halogens is 3. The van der Waals surface area contributed by atoms with E-state index in [1.165, 1.54) is 26.5 Å². The topological polar surface area (TPSA) is 72.0 Å². The first-order valence-electron chi connectivity index (χ1n) is 9.74. The van der Waals surface area contributed by atoms with Crippen molar-refractivity contribution < 1.29 is 32.2 Å². The Kier molecular flexibility index (Phi) is 7.01. The number of amides is 2. The number of alkyl halides is 1. The van der Waals surface area contributed by atoms with E-state index in [0.29, 0.717) is 23.4 Å². The second-order valence-corrected chi connectivity index (χ2v) is 6.94. The Morgan fingerprint density at radius 1 is 1.22 bits per heavy atom. The minimum absolute atomic E-state index is 0.162. The Morgan fingerprint density at radius 3 is 2.44 bits per heavy atom. The number of methoxy groups -OCH3 is 2. The largest absolute Gasteiger partial charge is 0.493 e. The number of aryl methyl sites for hydroxylation is 1. The van der Waals surface area contributed by atoms with E-state index in [4.69, 9.17) is 9.47 Å². The maximum absolute atomic E-state index is 15.0. The maximum atomic E-state index is 15.0. The molecule has 2 heterocycles. The zero-order valence-corrected chi connectivity index (χ0v) is 17.7. The summed E-state index contributed by atoms with van der Waals surface area (Å²) in [4.78, 5) is 30.9. The van der Waals surface area contributed by atoms with Crippen molar-refractivity contribution in [3.63, 3.8) is 0 Å². The van der Waals surface area contributed by atoms with Crippen LogP contribution in [0.25, 0.3) is 0 Å². The van der Waals surface area contributed by atoms with Crippen molar-refractivity contribution in [2.75, 3.05) is 37.2 Å². The molecule has 0 aliphatic carbocycles. The lowest BCUT2D eigenvalue weighted by Gasteiger charge is -2.37. The predicted octanol–water partition coefficient (Wildman–Crippen LogP) is 3.98. The molecule has 7 nitrogen and oxygen atoms in total. The number of ether oxygens (including phenoxy) is 2. The van der Waals surface area contributed by atoms with Gasteiger partial charge in [0.25, 0.3) is 0 Å². The van der Waals surface area contributed by atoms with Crippen LogP contribution in [0.4, 0.5) is 29.3 Å². The van der Waals surface area contributed by atoms with E-state index in [1.807, 2.05) is 0 Å². The third-order valence-electron chi connectivity index (χ3n) is 5.08. The average Bonchev–Trinajstić information content (AvgIpc) is 2.80. The van der Waals surface area contributed by atoms with Gasteiger partial charge in [-0.05, 0) is 18.6 Å². The van der Waals surface area contributed by atoms with Crippen molar-refractivity contribution in [2.24, 2.45) is 0 Å². The van der Waals surface area contributed by atoms with Crippen LogP contribution < -0.4 is 19.3 Å². The van der Waals surface area contributed by atoms with Crippen molar-refractivity contribution in [1.29, 1.82) is 0 Å². The van der Waals surface area contributed by atoms with Gasteiger partial charge in [-0.15, -0.1) is 0 Å². The first-order valence-corrected chi connectivity index (χ1v) is 9.74. The van der Waals surface area contributed by atoms with Gasteiger partial charge in [-0.3, -0.25) is 19.6 Å². The van der Waals surface area contributed by atoms with E-state index in [2.05, 4.69) is 11.6 Å². The first-order chi connectivity index (χ1) is 15.4. The van der Waals surface area contributed by atoms with Gasteiger partial charge in [-0.2, -0.15) is 0 Å². The summed E-state index contributed by atoms with van der Waals surface area (Å²) in [5.41, 5.74) is 0.680. The van der Waals surface area contributed by atoms with Crippen LogP contribution in [-0.2, 0) is 17.8 Å². The second-order valence-electron chi connectivity index (χ2n) is 6.94. The number of anilines is 2. The first kappa shape index (κ1) is 23.1. The lowest BCUT2D eigenvalue weighted by atomic mass is 10.1. The molecule has 0 saturated heterocycles. The molecule has 10 heteroatoms. The highest BCUT2D eigenvalue weighted by atomic mass is 19.1. The van der Waals surface area contributed by atoms with Crippen LogP contribution in [0.3, 0.4) is 0 Å². The number of nitrogens with zero attached hydrogens (tertiary/aromatic N) is 3. The molecule has 2 aromatic rings. The maximum Gasteiger partial charge on any atom is 0.329 e. The third kappa shape index (κ3) is 4.25. The zero-order valence-electron chi connectivity index (χ0n) is 17.7. The van der Waals surface area contributed by atoms with Crippen LogP contribution in [0.1, 0.15) is 17.7 Å². The van der Waals surface area contributed by atoms with Gasteiger partial charge < -0.3 is 9.47 Å². The van der Waals surface area contributed by atoms with Gasteiger partial charge in [-0.1, -0.05) is 6.58 Å². The van der Waals surface area contributed by atoms with E-state index in [9.17, 15) is 14.0 Å². The molecule has 0 radical (unpaired) electrons. The number of carbonyl (C=O) groups is 2. The molecule has 0 spiro atoms. The molecular formula is C22H22F3N3O4. The Morgan fingerprint density at radius 2 is 1.88 bits per heavy atom. The van der Waals surface area contributed by atoms with Crippen LogP contribution in [-0.4, -0.2) is 44.2 Å². The summed E-state index contributed by atoms with van der Waals surface area (Å²) in [5.74, 6) is -2.96. The smallest absolute Gasteiger partial charge is 0.329 e. The van der Waals surface area contributed by atoms with Crippen molar-refractivity contribution in [2.45, 2.75) is 19.4 Å². The molecule has 170 valence electrons. The number of rotatable bonds is 9. The SMILES string of the molecule is C=CC(=O)CCc1cc2c(cn1)CN(c1c(F)c(OC)cc(OC)c1F)C(=O)N2CCF. The fourth-order valence-electron chi connectivity index (χ4n) is 3.45. The Hall–Kier alpha value is -3.56. The number of benzene rings is 1. The molecule has 0 bridgehead atoms. The Balaban J connectivity index is 2.06. The molecule has 0 unspecified atom stereocenters. The van der Waals surface area contributed by atoms with E-state index < -0.39 is 30.0 Å². The summed E-state index contributed by atoms with van der Waals surface area (Å²) >= 11 is 0. The molecule has 0 fully saturated rings. The van der Waals surface area contributed by atoms with Crippen LogP contribution >= 0.6 is 0 Å². The molecular weight excluding hydrogens is 427 g/mol. The second kappa shape index (κ2) is 9.71. The number of urea groups is 1. The van der Waals surface area contributed by atoms with Crippen LogP contribution in [0.5, 0.6) is 11.5 Å². The number of ketones is 1. The lowest BCUT2D eigenvalue weighted by Crippen LogP contribution is -2.49. The van der Waals surface area contributed by atoms with Crippen molar-refractivity contribution >= 4 is 23.2 Å². The summed E-state index contributed by atoms with van der Waals surface area (Å²) < 4.78 is 53.2. The molecule has 3 rings (SSSR count). The van der Waals surface area contributed by atoms with E-state index in [1.54, 1.807) is 6.07 Å². The van der Waals surface area contributed by atoms with E-state index in [0.717, 1.165) is 15.9 Å². The number of aromatic nitrogens is 1. The molecule has 1 aliphatic heterocycles. The Labute approximate surface area is 183 Å². The highest BCUT2D eigenvalue weighted by molar-refractivity contribution is 6.06. The third-order valence-corrected chi connectivity index (χ3v) is 5.08. The summed E-state index contributed by atoms with van der Waals surface area (Å²) in [6, 6.07) is 1.80. The minimum Gasteiger partial charge on any atom is -0.493 e. The van der Waals surface area contributed by atoms with E-state index in [-0.39, 0.29) is 36.8 Å². The number of fused-ring (bicyclic) bond motifs is 1. The molecule has 0 N–H and O–H groups in total. The summed E-state index contributed by atoms with van der Waals surface area (Å²) in [5, 5.41) is 0. The lowest BCUT2D eigenvalue weighted by molar-refractivity contribution is -0.114. The van der Waals surface area contributed by atoms with Crippen molar-refractivity contribution in [3.05, 3.63) is 53.9 Å². The van der Waals surface area contributed by atoms with Crippen LogP contribution in [0.15, 0.2) is 31.0 Å². The normalized spacial score (nSPS) is 13.1. The number of hydrogen-bond acceptors (Lipinski definition) is 5. The van der Waals surface area contributed by atoms with Gasteiger partial charge in [0.1, 0.15) is 12.4 Å². The number of carbonyl (C=O) groups excluding carboxylic acids is 2. The highest BCUT2D eigenvalue weighted by Crippen LogP contribution is 2.40. The van der Waals surface area contributed by atoms with Gasteiger partial charge in [-0.25, -0.2) is 18.0 Å². The summed E-state index contributed by atoms with van der Waals surface area (Å²) in [6.07, 6.45) is 3.13. The fourth-order valence-corrected chi connectivity index (χ4v) is 3.45. The number of pyridine rings is 1. The van der Waals surface area contributed by atoms with Crippen LogP contribution in [0, 0.1) is 11.6 Å². The van der Waals surface area contributed by atoms with Gasteiger partial charge >= 0.3 is 6.03 Å². The van der Waals surface area contributed by atoms with Gasteiger partial charge in [0.2, 0.25) is 0 Å². The fraction of sp³-hybridized carbons (Fsp3) is 0.318. The Bertz CT molecular complexity index is 1030. The molecule has 32 heavy (non-hydrogen) atoms. The molecule has 1 aromatic carbocycles. The molecule has 0 atom stereocenters. The van der Waals surface area contributed by atoms with Gasteiger partial charge in [0.15, 0.2) is 28.9 Å². The number of allylic oxidation sites excluding steroid dienone is 1. The minimum atomic E-state index is -1.09. The molecule has 1 aromatic heterocycles. The summed E-state index contributed by atoms with van der Waals surface area (Å²) in [7, 11) is 2.40. The predicted molar refractivity (Wildman–Crippen MR) is 112 cm³/mol. The van der Waals surface area contributed by atoms with E-state index >= 15 is 8.78 Å². The van der Waals surface area contributed by atoms with Gasteiger partial charge in [0.05, 0.1) is 33.0 Å². The molecule has 0 saturated carbocycles. The molecule has 2 amide bonds. The highest BCUT2D eigenvalue weighted by Gasteiger charge is 2.36. The quantitative estimate of drug-likeness (QED) is 0.542. The van der Waals surface area contributed by atoms with Crippen molar-refractivity contribution in [1.82, 2.24) is 4.98 Å². The van der Waals surface area contributed by atoms with Crippen molar-refractivity contribution in [3.8, 4) is 11.5 Å². The molecule has 1 aliphatic rings. The van der Waals surface area contributed by atoms with Gasteiger partial charge in [0, 0.05) is 29.9 Å². The van der Waals surface area contributed by atoms with Crippen LogP contribution in [0.2, 0.25) is 0 Å². The summed E-state index contributed by atoms with van der Waals surface area (Å²) in [6.45, 7) is 2.00. The monoisotopic (exact) mass is 449 g/mol. The average molecular weight is 449 g/mol. The number of hydrogen-bond donors (Lipinski definition) is 0. The standard InChI is InChI=1S/C22H22F3N3O4/c1-4-15(29)6-5-14-9-16-13(11-26-14)12-28(22(30)27(16)8-7-23)21-19(24)17(31-2)10-18(32-3)20(21)25/h4,9-11H,1,5-8,12H2,2-3H3. The zero-order chi connectivity index (χ0) is 23.4.